The lowest BCUT2D eigenvalue weighted by molar-refractivity contribution is 0.0740. The van der Waals surface area contributed by atoms with Gasteiger partial charge in [0.25, 0.3) is 0 Å². The van der Waals surface area contributed by atoms with E-state index >= 15 is 0 Å². The Labute approximate surface area is 117 Å². The number of halogens is 1. The number of benzene rings is 1. The fourth-order valence-electron chi connectivity index (χ4n) is 1.79. The van der Waals surface area contributed by atoms with Gasteiger partial charge in [0.1, 0.15) is 0 Å². The first-order valence-corrected chi connectivity index (χ1v) is 6.82. The summed E-state index contributed by atoms with van der Waals surface area (Å²) in [5.41, 5.74) is 1.19. The third kappa shape index (κ3) is 4.77. The van der Waals surface area contributed by atoms with Crippen LogP contribution in [0.25, 0.3) is 0 Å². The highest BCUT2D eigenvalue weighted by Gasteiger charge is 2.16. The van der Waals surface area contributed by atoms with Crippen LogP contribution in [0.3, 0.4) is 0 Å². The molecule has 0 saturated heterocycles. The van der Waals surface area contributed by atoms with Crippen molar-refractivity contribution in [2.75, 3.05) is 13.7 Å². The van der Waals surface area contributed by atoms with E-state index in [-0.39, 0.29) is 12.7 Å². The van der Waals surface area contributed by atoms with E-state index in [0.717, 1.165) is 0 Å². The van der Waals surface area contributed by atoms with Crippen molar-refractivity contribution in [2.45, 2.75) is 19.4 Å². The Morgan fingerprint density at radius 1 is 1.35 bits per heavy atom. The van der Waals surface area contributed by atoms with Gasteiger partial charge in [0, 0.05) is 23.2 Å². The van der Waals surface area contributed by atoms with Crippen molar-refractivity contribution in [3.63, 3.8) is 0 Å². The Morgan fingerprint density at radius 3 is 2.53 bits per heavy atom. The molecule has 0 unspecified atom stereocenters. The molecule has 17 heavy (non-hydrogen) atoms. The molecule has 0 fully saturated rings. The summed E-state index contributed by atoms with van der Waals surface area (Å²) in [6.07, 6.45) is 4.88. The summed E-state index contributed by atoms with van der Waals surface area (Å²) in [6.45, 7) is 2.32. The predicted molar refractivity (Wildman–Crippen MR) is 78.9 cm³/mol. The molecule has 0 aliphatic heterocycles. The molecule has 0 aliphatic carbocycles. The second kappa shape index (κ2) is 7.84. The molecule has 0 aromatic heterocycles. The minimum Gasteiger partial charge on any atom is -0.396 e. The Balaban J connectivity index is 2.73. The van der Waals surface area contributed by atoms with Crippen molar-refractivity contribution >= 4 is 22.6 Å². The van der Waals surface area contributed by atoms with E-state index in [4.69, 9.17) is 9.84 Å². The van der Waals surface area contributed by atoms with Crippen LogP contribution >= 0.6 is 22.6 Å². The molecule has 0 bridgehead atoms. The van der Waals surface area contributed by atoms with E-state index in [2.05, 4.69) is 59.9 Å². The summed E-state index contributed by atoms with van der Waals surface area (Å²) < 4.78 is 6.78. The molecule has 0 radical (unpaired) electrons. The number of ether oxygens (including phenoxy) is 1. The maximum Gasteiger partial charge on any atom is 0.0881 e. The molecule has 3 heteroatoms. The van der Waals surface area contributed by atoms with Gasteiger partial charge < -0.3 is 9.84 Å². The van der Waals surface area contributed by atoms with Crippen LogP contribution in [0.2, 0.25) is 0 Å². The van der Waals surface area contributed by atoms with Crippen molar-refractivity contribution in [3.8, 4) is 0 Å². The third-order valence-corrected chi connectivity index (χ3v) is 3.38. The van der Waals surface area contributed by atoms with Gasteiger partial charge >= 0.3 is 0 Å². The van der Waals surface area contributed by atoms with Crippen molar-refractivity contribution in [1.29, 1.82) is 0 Å². The van der Waals surface area contributed by atoms with Gasteiger partial charge in [-0.1, -0.05) is 31.2 Å². The molecule has 1 rings (SSSR count). The Bertz CT molecular complexity index is 346. The molecule has 2 atom stereocenters. The van der Waals surface area contributed by atoms with E-state index in [1.807, 2.05) is 6.08 Å². The third-order valence-electron chi connectivity index (χ3n) is 2.67. The molecule has 94 valence electrons. The highest BCUT2D eigenvalue weighted by atomic mass is 127. The van der Waals surface area contributed by atoms with Crippen LogP contribution in [0.5, 0.6) is 0 Å². The maximum absolute atomic E-state index is 8.74. The van der Waals surface area contributed by atoms with Crippen LogP contribution in [-0.2, 0) is 4.74 Å². The second-order valence-electron chi connectivity index (χ2n) is 4.01. The zero-order chi connectivity index (χ0) is 12.7. The Morgan fingerprint density at radius 2 is 2.00 bits per heavy atom. The average molecular weight is 346 g/mol. The molecule has 0 heterocycles. The van der Waals surface area contributed by atoms with Gasteiger partial charge in [-0.15, -0.1) is 0 Å². The maximum atomic E-state index is 8.74. The number of aliphatic hydroxyl groups excluding tert-OH is 1. The van der Waals surface area contributed by atoms with Crippen molar-refractivity contribution < 1.29 is 9.84 Å². The summed E-state index contributed by atoms with van der Waals surface area (Å²) >= 11 is 2.29. The van der Waals surface area contributed by atoms with Gasteiger partial charge in [0.05, 0.1) is 6.10 Å². The van der Waals surface area contributed by atoms with Crippen LogP contribution < -0.4 is 0 Å². The highest BCUT2D eigenvalue weighted by Crippen LogP contribution is 2.26. The van der Waals surface area contributed by atoms with Crippen molar-refractivity contribution in [1.82, 2.24) is 0 Å². The Kier molecular flexibility index (Phi) is 6.77. The van der Waals surface area contributed by atoms with Gasteiger partial charge in [-0.05, 0) is 46.7 Å². The van der Waals surface area contributed by atoms with Crippen LogP contribution in [0.4, 0.5) is 0 Å². The first kappa shape index (κ1) is 14.7. The summed E-state index contributed by atoms with van der Waals surface area (Å²) in [5.74, 6) is 0.298. The first-order valence-electron chi connectivity index (χ1n) is 5.74. The number of aliphatic hydroxyl groups is 1. The molecular weight excluding hydrogens is 327 g/mol. The first-order chi connectivity index (χ1) is 8.19. The van der Waals surface area contributed by atoms with E-state index in [1.54, 1.807) is 7.11 Å². The van der Waals surface area contributed by atoms with Gasteiger partial charge in [0.15, 0.2) is 0 Å². The fourth-order valence-corrected chi connectivity index (χ4v) is 2.15. The fraction of sp³-hybridized carbons (Fsp3) is 0.429. The second-order valence-corrected chi connectivity index (χ2v) is 5.25. The molecule has 0 amide bonds. The zero-order valence-electron chi connectivity index (χ0n) is 10.3. The van der Waals surface area contributed by atoms with E-state index in [0.29, 0.717) is 12.3 Å². The van der Waals surface area contributed by atoms with Crippen molar-refractivity contribution in [2.24, 2.45) is 5.92 Å². The molecular formula is C14H19IO2. The van der Waals surface area contributed by atoms with E-state index < -0.39 is 0 Å². The zero-order valence-corrected chi connectivity index (χ0v) is 12.4. The molecule has 1 N–H and O–H groups in total. The van der Waals surface area contributed by atoms with Crippen LogP contribution in [-0.4, -0.2) is 18.8 Å². The van der Waals surface area contributed by atoms with Crippen molar-refractivity contribution in [3.05, 3.63) is 45.6 Å². The molecule has 1 aromatic carbocycles. The van der Waals surface area contributed by atoms with E-state index in [9.17, 15) is 0 Å². The SMILES string of the molecule is CO[C@H](c1ccc(I)cc1)[C@H](C)/C=C/CCO. The predicted octanol–water partition coefficient (Wildman–Crippen LogP) is 3.55. The number of hydrogen-bond acceptors (Lipinski definition) is 2. The lowest BCUT2D eigenvalue weighted by Gasteiger charge is -2.20. The number of rotatable bonds is 6. The van der Waals surface area contributed by atoms with Crippen LogP contribution in [0.15, 0.2) is 36.4 Å². The normalized spacial score (nSPS) is 15.1. The lowest BCUT2D eigenvalue weighted by atomic mass is 9.96. The molecule has 0 spiro atoms. The van der Waals surface area contributed by atoms with Crippen LogP contribution in [0, 0.1) is 9.49 Å². The Hall–Kier alpha value is -0.390. The summed E-state index contributed by atoms with van der Waals surface area (Å²) in [5, 5.41) is 8.74. The summed E-state index contributed by atoms with van der Waals surface area (Å²) in [4.78, 5) is 0. The van der Waals surface area contributed by atoms with E-state index in [1.165, 1.54) is 9.13 Å². The molecule has 2 nitrogen and oxygen atoms in total. The van der Waals surface area contributed by atoms with Gasteiger partial charge in [-0.2, -0.15) is 0 Å². The number of methoxy groups -OCH3 is 1. The molecule has 1 aromatic rings. The standard InChI is InChI=1S/C14H19IO2/c1-11(5-3-4-10-16)14(17-2)12-6-8-13(15)9-7-12/h3,5-9,11,14,16H,4,10H2,1-2H3/b5-3+/t11-,14+/m1/s1. The van der Waals surface area contributed by atoms with Crippen LogP contribution in [0.1, 0.15) is 25.0 Å². The quantitative estimate of drug-likeness (QED) is 0.631. The largest absolute Gasteiger partial charge is 0.396 e. The average Bonchev–Trinajstić information content (AvgIpc) is 2.33. The smallest absolute Gasteiger partial charge is 0.0881 e. The minimum atomic E-state index is 0.0712. The summed E-state index contributed by atoms with van der Waals surface area (Å²) in [7, 11) is 1.74. The molecule has 0 aliphatic rings. The highest BCUT2D eigenvalue weighted by molar-refractivity contribution is 14.1. The summed E-state index contributed by atoms with van der Waals surface area (Å²) in [6, 6.07) is 8.39. The topological polar surface area (TPSA) is 29.5 Å². The monoisotopic (exact) mass is 346 g/mol. The lowest BCUT2D eigenvalue weighted by Crippen LogP contribution is -2.10. The van der Waals surface area contributed by atoms with Gasteiger partial charge in [-0.25, -0.2) is 0 Å². The number of hydrogen-bond donors (Lipinski definition) is 1. The minimum absolute atomic E-state index is 0.0712. The molecule has 0 saturated carbocycles. The van der Waals surface area contributed by atoms with Gasteiger partial charge in [-0.3, -0.25) is 0 Å². The van der Waals surface area contributed by atoms with Gasteiger partial charge in [0.2, 0.25) is 0 Å².